The van der Waals surface area contributed by atoms with E-state index in [4.69, 9.17) is 9.47 Å². The molecule has 1 aliphatic heterocycles. The molecule has 0 fully saturated rings. The molecule has 1 aliphatic rings. The van der Waals surface area contributed by atoms with Gasteiger partial charge in [-0.3, -0.25) is 0 Å². The topological polar surface area (TPSA) is 18.5 Å². The maximum absolute atomic E-state index is 6.04. The van der Waals surface area contributed by atoms with Crippen molar-refractivity contribution in [3.8, 4) is 11.5 Å². The first kappa shape index (κ1) is 15.0. The lowest BCUT2D eigenvalue weighted by Crippen LogP contribution is -2.39. The molecule has 2 nitrogen and oxygen atoms in total. The van der Waals surface area contributed by atoms with Crippen molar-refractivity contribution >= 4 is 0 Å². The van der Waals surface area contributed by atoms with Gasteiger partial charge in [0.15, 0.2) is 11.5 Å². The highest BCUT2D eigenvalue weighted by atomic mass is 16.6. The van der Waals surface area contributed by atoms with Gasteiger partial charge in [-0.2, -0.15) is 0 Å². The minimum atomic E-state index is -0.269. The lowest BCUT2D eigenvalue weighted by atomic mass is 9.92. The second-order valence-corrected chi connectivity index (χ2v) is 6.84. The van der Waals surface area contributed by atoms with Gasteiger partial charge < -0.3 is 9.47 Å². The van der Waals surface area contributed by atoms with Crippen LogP contribution >= 0.6 is 0 Å². The highest BCUT2D eigenvalue weighted by molar-refractivity contribution is 5.50. The summed E-state index contributed by atoms with van der Waals surface area (Å²) >= 11 is 0. The predicted octanol–water partition coefficient (Wildman–Crippen LogP) is 4.75. The summed E-state index contributed by atoms with van der Waals surface area (Å²) in [6, 6.07) is 15.7. The van der Waals surface area contributed by atoms with Gasteiger partial charge in [-0.1, -0.05) is 44.2 Å². The van der Waals surface area contributed by atoms with Crippen molar-refractivity contribution in [1.82, 2.24) is 0 Å². The molecule has 0 atom stereocenters. The van der Waals surface area contributed by atoms with Crippen molar-refractivity contribution in [3.63, 3.8) is 0 Å². The van der Waals surface area contributed by atoms with Crippen LogP contribution in [0.1, 0.15) is 50.3 Å². The van der Waals surface area contributed by atoms with Crippen LogP contribution in [0.4, 0.5) is 0 Å². The fourth-order valence-electron chi connectivity index (χ4n) is 2.90. The number of hydrogen-bond donors (Lipinski definition) is 0. The summed E-state index contributed by atoms with van der Waals surface area (Å²) in [5.74, 6) is 2.20. The van der Waals surface area contributed by atoms with E-state index in [1.165, 1.54) is 16.7 Å². The second-order valence-electron chi connectivity index (χ2n) is 6.84. The van der Waals surface area contributed by atoms with Crippen molar-refractivity contribution in [2.24, 2.45) is 0 Å². The molecule has 3 rings (SSSR count). The second kappa shape index (κ2) is 5.68. The third-order valence-corrected chi connectivity index (χ3v) is 3.95. The first-order chi connectivity index (χ1) is 10.5. The summed E-state index contributed by atoms with van der Waals surface area (Å²) in [6.07, 6.45) is 0.845. The lowest BCUT2D eigenvalue weighted by Gasteiger charge is -2.33. The Kier molecular flexibility index (Phi) is 3.86. The van der Waals surface area contributed by atoms with Gasteiger partial charge in [-0.05, 0) is 43.0 Å². The lowest BCUT2D eigenvalue weighted by molar-refractivity contribution is 0.0207. The minimum absolute atomic E-state index is 0.269. The SMILES string of the molecule is CC(C)c1[c]cccc1Cc1cccc2c1OCC(C)(C)O2. The van der Waals surface area contributed by atoms with E-state index in [0.717, 1.165) is 17.9 Å². The fourth-order valence-corrected chi connectivity index (χ4v) is 2.90. The highest BCUT2D eigenvalue weighted by Crippen LogP contribution is 2.39. The van der Waals surface area contributed by atoms with E-state index in [1.807, 2.05) is 32.0 Å². The van der Waals surface area contributed by atoms with Gasteiger partial charge in [0.1, 0.15) is 12.2 Å². The summed E-state index contributed by atoms with van der Waals surface area (Å²) in [7, 11) is 0. The van der Waals surface area contributed by atoms with Crippen LogP contribution < -0.4 is 9.47 Å². The Morgan fingerprint density at radius 2 is 1.91 bits per heavy atom. The molecule has 22 heavy (non-hydrogen) atoms. The Morgan fingerprint density at radius 3 is 2.68 bits per heavy atom. The summed E-state index contributed by atoms with van der Waals surface area (Å²) in [6.45, 7) is 9.09. The van der Waals surface area contributed by atoms with E-state index in [1.54, 1.807) is 0 Å². The zero-order chi connectivity index (χ0) is 15.7. The van der Waals surface area contributed by atoms with Crippen LogP contribution in [0.5, 0.6) is 11.5 Å². The first-order valence-corrected chi connectivity index (χ1v) is 7.89. The zero-order valence-corrected chi connectivity index (χ0v) is 13.8. The Hall–Kier alpha value is -1.96. The highest BCUT2D eigenvalue weighted by Gasteiger charge is 2.29. The summed E-state index contributed by atoms with van der Waals surface area (Å²) < 4.78 is 12.0. The maximum Gasteiger partial charge on any atom is 0.164 e. The average molecular weight is 295 g/mol. The van der Waals surface area contributed by atoms with Crippen LogP contribution in [0.3, 0.4) is 0 Å². The third kappa shape index (κ3) is 2.96. The summed E-state index contributed by atoms with van der Waals surface area (Å²) in [5.41, 5.74) is 3.49. The van der Waals surface area contributed by atoms with E-state index < -0.39 is 0 Å². The molecular weight excluding hydrogens is 272 g/mol. The van der Waals surface area contributed by atoms with E-state index in [9.17, 15) is 0 Å². The Balaban J connectivity index is 1.95. The average Bonchev–Trinajstić information content (AvgIpc) is 2.46. The molecule has 2 aromatic carbocycles. The standard InChI is InChI=1S/C20H23O2/c1-14(2)17-10-6-5-8-15(17)12-16-9-7-11-18-19(16)21-13-20(3,4)22-18/h5-9,11,14H,12-13H2,1-4H3. The number of para-hydroxylation sites is 1. The zero-order valence-electron chi connectivity index (χ0n) is 13.8. The Morgan fingerprint density at radius 1 is 1.14 bits per heavy atom. The number of benzene rings is 2. The van der Waals surface area contributed by atoms with Gasteiger partial charge in [0, 0.05) is 12.0 Å². The molecule has 1 radical (unpaired) electrons. The molecule has 2 heteroatoms. The number of rotatable bonds is 3. The molecule has 0 aromatic heterocycles. The fraction of sp³-hybridized carbons (Fsp3) is 0.400. The van der Waals surface area contributed by atoms with Gasteiger partial charge in [-0.15, -0.1) is 0 Å². The molecule has 0 spiro atoms. The number of hydrogen-bond acceptors (Lipinski definition) is 2. The first-order valence-electron chi connectivity index (χ1n) is 7.89. The van der Waals surface area contributed by atoms with Gasteiger partial charge in [0.25, 0.3) is 0 Å². The van der Waals surface area contributed by atoms with Crippen molar-refractivity contribution in [3.05, 3.63) is 59.2 Å². The molecule has 0 saturated heterocycles. The minimum Gasteiger partial charge on any atom is -0.485 e. The van der Waals surface area contributed by atoms with Crippen molar-refractivity contribution in [1.29, 1.82) is 0 Å². The van der Waals surface area contributed by atoms with Crippen LogP contribution in [0.25, 0.3) is 0 Å². The van der Waals surface area contributed by atoms with Crippen LogP contribution in [-0.2, 0) is 6.42 Å². The van der Waals surface area contributed by atoms with Crippen LogP contribution in [0.2, 0.25) is 0 Å². The van der Waals surface area contributed by atoms with Gasteiger partial charge >= 0.3 is 0 Å². The van der Waals surface area contributed by atoms with Crippen molar-refractivity contribution in [2.75, 3.05) is 6.61 Å². The molecule has 0 N–H and O–H groups in total. The number of ether oxygens (including phenoxy) is 2. The smallest absolute Gasteiger partial charge is 0.164 e. The van der Waals surface area contributed by atoms with Gasteiger partial charge in [0.05, 0.1) is 0 Å². The Labute approximate surface area is 133 Å². The van der Waals surface area contributed by atoms with E-state index in [2.05, 4.69) is 38.1 Å². The van der Waals surface area contributed by atoms with Gasteiger partial charge in [0.2, 0.25) is 0 Å². The molecule has 115 valence electrons. The molecule has 0 amide bonds. The van der Waals surface area contributed by atoms with Crippen molar-refractivity contribution < 1.29 is 9.47 Å². The normalized spacial score (nSPS) is 15.9. The number of fused-ring (bicyclic) bond motifs is 1. The van der Waals surface area contributed by atoms with Crippen LogP contribution in [-0.4, -0.2) is 12.2 Å². The van der Waals surface area contributed by atoms with Crippen molar-refractivity contribution in [2.45, 2.75) is 45.6 Å². The quantitative estimate of drug-likeness (QED) is 0.813. The molecule has 0 bridgehead atoms. The van der Waals surface area contributed by atoms with Crippen LogP contribution in [0, 0.1) is 6.07 Å². The Bertz CT molecular complexity index is 671. The molecule has 1 heterocycles. The predicted molar refractivity (Wildman–Crippen MR) is 88.8 cm³/mol. The summed E-state index contributed by atoms with van der Waals surface area (Å²) in [4.78, 5) is 0. The monoisotopic (exact) mass is 295 g/mol. The maximum atomic E-state index is 6.04. The molecule has 0 unspecified atom stereocenters. The molecular formula is C20H23O2. The van der Waals surface area contributed by atoms with E-state index in [-0.39, 0.29) is 5.60 Å². The summed E-state index contributed by atoms with van der Waals surface area (Å²) in [5, 5.41) is 0. The largest absolute Gasteiger partial charge is 0.485 e. The third-order valence-electron chi connectivity index (χ3n) is 3.95. The van der Waals surface area contributed by atoms with E-state index >= 15 is 0 Å². The van der Waals surface area contributed by atoms with Gasteiger partial charge in [-0.25, -0.2) is 0 Å². The van der Waals surface area contributed by atoms with E-state index in [0.29, 0.717) is 12.5 Å². The molecule has 0 saturated carbocycles. The molecule has 0 aliphatic carbocycles. The van der Waals surface area contributed by atoms with Crippen LogP contribution in [0.15, 0.2) is 36.4 Å². The molecule has 2 aromatic rings.